The Labute approximate surface area is 218 Å². The first-order chi connectivity index (χ1) is 17.9. The normalized spacial score (nSPS) is 22.1. The standard InChI is InChI=1S/C28H37F2N5O2/c1-19(16-36-2)34-20-3-5-21(6-4-20)35-27-14-24(26(30)15-32-27)23-13-22(7-8-25(23)29)33-18-28(17-31)9-11-37-12-10-28/h7-8,13-15,19-21,33-34H,3-6,9-12,16,18H2,1-2H3,(H,32,35)/t19-,20-,21-/m0/s1. The Morgan fingerprint density at radius 1 is 1.11 bits per heavy atom. The molecular weight excluding hydrogens is 476 g/mol. The van der Waals surface area contributed by atoms with Gasteiger partial charge < -0.3 is 25.4 Å². The van der Waals surface area contributed by atoms with E-state index in [4.69, 9.17) is 9.47 Å². The molecule has 1 saturated heterocycles. The van der Waals surface area contributed by atoms with Gasteiger partial charge in [0.05, 0.1) is 24.3 Å². The van der Waals surface area contributed by atoms with Crippen molar-refractivity contribution in [1.82, 2.24) is 10.3 Å². The van der Waals surface area contributed by atoms with Crippen LogP contribution in [0.15, 0.2) is 30.5 Å². The molecule has 0 amide bonds. The molecule has 1 aromatic carbocycles. The maximum Gasteiger partial charge on any atom is 0.149 e. The van der Waals surface area contributed by atoms with Crippen LogP contribution in [0, 0.1) is 28.4 Å². The van der Waals surface area contributed by atoms with E-state index >= 15 is 0 Å². The van der Waals surface area contributed by atoms with Crippen LogP contribution in [0.5, 0.6) is 0 Å². The molecule has 1 saturated carbocycles. The second-order valence-electron chi connectivity index (χ2n) is 10.3. The van der Waals surface area contributed by atoms with Crippen LogP contribution < -0.4 is 16.0 Å². The lowest BCUT2D eigenvalue weighted by Gasteiger charge is -2.32. The third kappa shape index (κ3) is 7.16. The minimum absolute atomic E-state index is 0.156. The second kappa shape index (κ2) is 12.6. The number of methoxy groups -OCH3 is 1. The predicted octanol–water partition coefficient (Wildman–Crippen LogP) is 5.11. The van der Waals surface area contributed by atoms with Gasteiger partial charge in [0.15, 0.2) is 0 Å². The molecule has 2 aromatic rings. The zero-order valence-corrected chi connectivity index (χ0v) is 21.7. The van der Waals surface area contributed by atoms with Crippen molar-refractivity contribution in [3.05, 3.63) is 42.1 Å². The van der Waals surface area contributed by atoms with E-state index in [0.29, 0.717) is 62.8 Å². The van der Waals surface area contributed by atoms with E-state index in [0.717, 1.165) is 31.9 Å². The van der Waals surface area contributed by atoms with Gasteiger partial charge in [-0.1, -0.05) is 0 Å². The van der Waals surface area contributed by atoms with Crippen LogP contribution in [0.1, 0.15) is 45.4 Å². The summed E-state index contributed by atoms with van der Waals surface area (Å²) in [4.78, 5) is 4.22. The van der Waals surface area contributed by atoms with Crippen molar-refractivity contribution in [1.29, 1.82) is 5.26 Å². The lowest BCUT2D eigenvalue weighted by molar-refractivity contribution is 0.0456. The number of hydrogen-bond donors (Lipinski definition) is 3. The smallest absolute Gasteiger partial charge is 0.149 e. The first kappa shape index (κ1) is 27.2. The second-order valence-corrected chi connectivity index (χ2v) is 10.3. The molecule has 7 nitrogen and oxygen atoms in total. The molecule has 200 valence electrons. The highest BCUT2D eigenvalue weighted by Gasteiger charge is 2.32. The van der Waals surface area contributed by atoms with Crippen molar-refractivity contribution in [3.8, 4) is 17.2 Å². The number of nitriles is 1. The first-order valence-electron chi connectivity index (χ1n) is 13.1. The molecule has 1 aromatic heterocycles. The van der Waals surface area contributed by atoms with Crippen molar-refractivity contribution in [2.45, 2.75) is 63.6 Å². The fourth-order valence-corrected chi connectivity index (χ4v) is 5.24. The van der Waals surface area contributed by atoms with Crippen LogP contribution in [-0.2, 0) is 9.47 Å². The van der Waals surface area contributed by atoms with E-state index in [1.54, 1.807) is 25.3 Å². The summed E-state index contributed by atoms with van der Waals surface area (Å²) in [6, 6.07) is 9.51. The van der Waals surface area contributed by atoms with Crippen molar-refractivity contribution in [3.63, 3.8) is 0 Å². The van der Waals surface area contributed by atoms with Crippen LogP contribution in [0.2, 0.25) is 0 Å². The number of ether oxygens (including phenoxy) is 2. The Morgan fingerprint density at radius 2 is 1.81 bits per heavy atom. The van der Waals surface area contributed by atoms with Crippen molar-refractivity contribution in [2.75, 3.05) is 44.1 Å². The van der Waals surface area contributed by atoms with Gasteiger partial charge in [0.25, 0.3) is 0 Å². The highest BCUT2D eigenvalue weighted by atomic mass is 19.1. The predicted molar refractivity (Wildman–Crippen MR) is 140 cm³/mol. The summed E-state index contributed by atoms with van der Waals surface area (Å²) in [5.74, 6) is -0.567. The number of anilines is 2. The number of rotatable bonds is 10. The topological polar surface area (TPSA) is 91.2 Å². The van der Waals surface area contributed by atoms with E-state index in [2.05, 4.69) is 33.9 Å². The SMILES string of the molecule is COC[C@H](C)N[C@H]1CC[C@H](Nc2cc(-c3cc(NCC4(C#N)CCOCC4)ccc3F)c(F)cn2)CC1. The van der Waals surface area contributed by atoms with Crippen molar-refractivity contribution < 1.29 is 18.3 Å². The number of pyridine rings is 1. The van der Waals surface area contributed by atoms with Gasteiger partial charge in [0, 0.05) is 61.8 Å². The maximum atomic E-state index is 14.8. The summed E-state index contributed by atoms with van der Waals surface area (Å²) >= 11 is 0. The molecule has 0 spiro atoms. The van der Waals surface area contributed by atoms with E-state index in [9.17, 15) is 14.0 Å². The summed E-state index contributed by atoms with van der Waals surface area (Å²) in [6.07, 6.45) is 6.41. The van der Waals surface area contributed by atoms with E-state index in [1.807, 2.05) is 0 Å². The first-order valence-corrected chi connectivity index (χ1v) is 13.1. The van der Waals surface area contributed by atoms with Gasteiger partial charge >= 0.3 is 0 Å². The van der Waals surface area contributed by atoms with E-state index in [-0.39, 0.29) is 17.2 Å². The lowest BCUT2D eigenvalue weighted by Crippen LogP contribution is -2.42. The van der Waals surface area contributed by atoms with Crippen molar-refractivity contribution >= 4 is 11.5 Å². The maximum absolute atomic E-state index is 14.8. The molecule has 2 aliphatic rings. The molecule has 2 heterocycles. The van der Waals surface area contributed by atoms with Gasteiger partial charge in [-0.05, 0) is 69.7 Å². The molecule has 9 heteroatoms. The van der Waals surface area contributed by atoms with Gasteiger partial charge in [0.2, 0.25) is 0 Å². The fourth-order valence-electron chi connectivity index (χ4n) is 5.24. The quantitative estimate of drug-likeness (QED) is 0.407. The summed E-state index contributed by atoms with van der Waals surface area (Å²) in [7, 11) is 1.71. The van der Waals surface area contributed by atoms with E-state index < -0.39 is 17.0 Å². The Hall–Kier alpha value is -2.80. The average molecular weight is 514 g/mol. The van der Waals surface area contributed by atoms with Crippen LogP contribution in [-0.4, -0.2) is 56.6 Å². The van der Waals surface area contributed by atoms with Gasteiger partial charge in [-0.3, -0.25) is 0 Å². The highest BCUT2D eigenvalue weighted by molar-refractivity contribution is 5.71. The molecular formula is C28H37F2N5O2. The van der Waals surface area contributed by atoms with Crippen molar-refractivity contribution in [2.24, 2.45) is 5.41 Å². The third-order valence-corrected chi connectivity index (χ3v) is 7.45. The number of hydrogen-bond acceptors (Lipinski definition) is 7. The molecule has 2 fully saturated rings. The number of aromatic nitrogens is 1. The monoisotopic (exact) mass is 513 g/mol. The summed E-state index contributed by atoms with van der Waals surface area (Å²) in [5, 5.41) is 20.0. The molecule has 37 heavy (non-hydrogen) atoms. The number of halogens is 2. The van der Waals surface area contributed by atoms with E-state index in [1.165, 1.54) is 6.07 Å². The lowest BCUT2D eigenvalue weighted by atomic mass is 9.81. The van der Waals surface area contributed by atoms with Gasteiger partial charge in [0.1, 0.15) is 17.5 Å². The minimum Gasteiger partial charge on any atom is -0.383 e. The molecule has 1 atom stereocenters. The number of benzene rings is 1. The molecule has 0 bridgehead atoms. The van der Waals surface area contributed by atoms with Gasteiger partial charge in [-0.2, -0.15) is 5.26 Å². The molecule has 0 radical (unpaired) electrons. The molecule has 3 N–H and O–H groups in total. The molecule has 4 rings (SSSR count). The van der Waals surface area contributed by atoms with Gasteiger partial charge in [-0.15, -0.1) is 0 Å². The zero-order chi connectivity index (χ0) is 26.3. The van der Waals surface area contributed by atoms with Crippen LogP contribution in [0.25, 0.3) is 11.1 Å². The van der Waals surface area contributed by atoms with Gasteiger partial charge in [-0.25, -0.2) is 13.8 Å². The average Bonchev–Trinajstić information content (AvgIpc) is 2.91. The third-order valence-electron chi connectivity index (χ3n) is 7.45. The molecule has 1 aliphatic carbocycles. The Bertz CT molecular complexity index is 1080. The Kier molecular flexibility index (Phi) is 9.30. The Morgan fingerprint density at radius 3 is 2.51 bits per heavy atom. The molecule has 1 aliphatic heterocycles. The summed E-state index contributed by atoms with van der Waals surface area (Å²) in [5.41, 5.74) is 0.425. The Balaban J connectivity index is 1.41. The highest BCUT2D eigenvalue weighted by Crippen LogP contribution is 2.33. The number of nitrogens with one attached hydrogen (secondary N) is 3. The van der Waals surface area contributed by atoms with Crippen LogP contribution in [0.3, 0.4) is 0 Å². The van der Waals surface area contributed by atoms with Crippen LogP contribution in [0.4, 0.5) is 20.3 Å². The summed E-state index contributed by atoms with van der Waals surface area (Å²) in [6.45, 7) is 4.32. The fraction of sp³-hybridized carbons (Fsp3) is 0.571. The minimum atomic E-state index is -0.584. The largest absolute Gasteiger partial charge is 0.383 e. The summed E-state index contributed by atoms with van der Waals surface area (Å²) < 4.78 is 40.3. The zero-order valence-electron chi connectivity index (χ0n) is 21.7. The number of nitrogens with zero attached hydrogens (tertiary/aromatic N) is 2. The van der Waals surface area contributed by atoms with Crippen LogP contribution >= 0.6 is 0 Å². The molecule has 0 unspecified atom stereocenters.